The van der Waals surface area contributed by atoms with Crippen LogP contribution in [0.1, 0.15) is 16.9 Å². The molecule has 0 saturated carbocycles. The Kier molecular flexibility index (Phi) is 3.77. The normalized spacial score (nSPS) is 22.7. The lowest BCUT2D eigenvalue weighted by Gasteiger charge is -2.24. The van der Waals surface area contributed by atoms with E-state index in [2.05, 4.69) is 10.3 Å². The van der Waals surface area contributed by atoms with Crippen LogP contribution in [0.4, 0.5) is 0 Å². The van der Waals surface area contributed by atoms with Gasteiger partial charge in [-0.25, -0.2) is 4.79 Å². The summed E-state index contributed by atoms with van der Waals surface area (Å²) in [6.45, 7) is 0. The molecule has 2 N–H and O–H groups in total. The van der Waals surface area contributed by atoms with Crippen LogP contribution in [0, 0.1) is 0 Å². The van der Waals surface area contributed by atoms with Crippen molar-refractivity contribution in [3.05, 3.63) is 29.0 Å². The van der Waals surface area contributed by atoms with E-state index in [0.29, 0.717) is 17.2 Å². The number of aromatic nitrogens is 1. The standard InChI is InChI=1S/C11H11ClN2O3S/c12-7-1-3-13-8(5-7)9(15)14-11(10(16)17)2-4-18-6-11/h1,3,5H,2,4,6H2,(H,14,15)(H,16,17). The van der Waals surface area contributed by atoms with E-state index in [1.165, 1.54) is 24.0 Å². The molecule has 0 spiro atoms. The molecule has 5 nitrogen and oxygen atoms in total. The van der Waals surface area contributed by atoms with E-state index in [-0.39, 0.29) is 5.69 Å². The molecule has 7 heteroatoms. The second-order valence-electron chi connectivity index (χ2n) is 4.00. The molecule has 0 aliphatic carbocycles. The Morgan fingerprint density at radius 2 is 2.33 bits per heavy atom. The molecule has 1 aliphatic heterocycles. The van der Waals surface area contributed by atoms with Crippen molar-refractivity contribution < 1.29 is 14.7 Å². The molecule has 1 saturated heterocycles. The van der Waals surface area contributed by atoms with Crippen LogP contribution in [-0.2, 0) is 4.79 Å². The zero-order valence-electron chi connectivity index (χ0n) is 9.35. The molecule has 1 unspecified atom stereocenters. The summed E-state index contributed by atoms with van der Waals surface area (Å²) < 4.78 is 0. The zero-order valence-corrected chi connectivity index (χ0v) is 10.9. The number of carbonyl (C=O) groups excluding carboxylic acids is 1. The molecule has 2 heterocycles. The highest BCUT2D eigenvalue weighted by Crippen LogP contribution is 2.28. The van der Waals surface area contributed by atoms with E-state index in [0.717, 1.165) is 5.75 Å². The number of hydrogen-bond acceptors (Lipinski definition) is 4. The number of nitrogens with zero attached hydrogens (tertiary/aromatic N) is 1. The van der Waals surface area contributed by atoms with Gasteiger partial charge in [-0.3, -0.25) is 9.78 Å². The maximum Gasteiger partial charge on any atom is 0.330 e. The van der Waals surface area contributed by atoms with Gasteiger partial charge in [-0.2, -0.15) is 11.8 Å². The van der Waals surface area contributed by atoms with Crippen LogP contribution >= 0.6 is 23.4 Å². The number of halogens is 1. The van der Waals surface area contributed by atoms with Crippen molar-refractivity contribution in [1.82, 2.24) is 10.3 Å². The smallest absolute Gasteiger partial charge is 0.330 e. The Bertz CT molecular complexity index is 489. The molecular formula is C11H11ClN2O3S. The second kappa shape index (κ2) is 5.16. The van der Waals surface area contributed by atoms with Crippen LogP contribution in [0.3, 0.4) is 0 Å². The highest BCUT2D eigenvalue weighted by molar-refractivity contribution is 7.99. The Morgan fingerprint density at radius 1 is 1.56 bits per heavy atom. The van der Waals surface area contributed by atoms with Crippen molar-refractivity contribution in [1.29, 1.82) is 0 Å². The average molecular weight is 287 g/mol. The summed E-state index contributed by atoms with van der Waals surface area (Å²) in [5.41, 5.74) is -1.06. The SMILES string of the molecule is O=C(NC1(C(=O)O)CCSC1)c1cc(Cl)ccn1. The Morgan fingerprint density at radius 3 is 2.89 bits per heavy atom. The van der Waals surface area contributed by atoms with Crippen LogP contribution in [0.15, 0.2) is 18.3 Å². The third kappa shape index (κ3) is 2.59. The van der Waals surface area contributed by atoms with Gasteiger partial charge in [-0.1, -0.05) is 11.6 Å². The number of carboxylic acids is 1. The van der Waals surface area contributed by atoms with Gasteiger partial charge in [0, 0.05) is 17.0 Å². The maximum absolute atomic E-state index is 12.0. The predicted molar refractivity (Wildman–Crippen MR) is 69.0 cm³/mol. The largest absolute Gasteiger partial charge is 0.479 e. The number of rotatable bonds is 3. The molecular weight excluding hydrogens is 276 g/mol. The second-order valence-corrected chi connectivity index (χ2v) is 5.54. The number of aliphatic carboxylic acids is 1. The Hall–Kier alpha value is -1.27. The van der Waals surface area contributed by atoms with Crippen molar-refractivity contribution in [2.24, 2.45) is 0 Å². The molecule has 0 bridgehead atoms. The quantitative estimate of drug-likeness (QED) is 0.879. The number of nitrogens with one attached hydrogen (secondary N) is 1. The molecule has 1 fully saturated rings. The third-order valence-electron chi connectivity index (χ3n) is 2.74. The highest BCUT2D eigenvalue weighted by Gasteiger charge is 2.43. The summed E-state index contributed by atoms with van der Waals surface area (Å²) in [6, 6.07) is 2.96. The number of carboxylic acid groups (broad SMARTS) is 1. The van der Waals surface area contributed by atoms with E-state index < -0.39 is 17.4 Å². The predicted octanol–water partition coefficient (Wildman–Crippen LogP) is 1.43. The molecule has 1 amide bonds. The van der Waals surface area contributed by atoms with Crippen molar-refractivity contribution in [3.8, 4) is 0 Å². The first-order chi connectivity index (χ1) is 8.53. The molecule has 2 rings (SSSR count). The Balaban J connectivity index is 2.18. The number of pyridine rings is 1. The first-order valence-corrected chi connectivity index (χ1v) is 6.82. The van der Waals surface area contributed by atoms with Crippen LogP contribution in [-0.4, -0.2) is 39.0 Å². The van der Waals surface area contributed by atoms with Crippen molar-refractivity contribution in [3.63, 3.8) is 0 Å². The topological polar surface area (TPSA) is 79.3 Å². The van der Waals surface area contributed by atoms with E-state index in [1.807, 2.05) is 0 Å². The van der Waals surface area contributed by atoms with Gasteiger partial charge in [0.25, 0.3) is 5.91 Å². The summed E-state index contributed by atoms with van der Waals surface area (Å²) in [6.07, 6.45) is 1.83. The van der Waals surface area contributed by atoms with Gasteiger partial charge in [-0.15, -0.1) is 0 Å². The molecule has 0 radical (unpaired) electrons. The fourth-order valence-electron chi connectivity index (χ4n) is 1.70. The van der Waals surface area contributed by atoms with Gasteiger partial charge in [0.2, 0.25) is 0 Å². The summed E-state index contributed by atoms with van der Waals surface area (Å²) in [7, 11) is 0. The van der Waals surface area contributed by atoms with E-state index in [9.17, 15) is 14.7 Å². The van der Waals surface area contributed by atoms with Gasteiger partial charge in [0.05, 0.1) is 0 Å². The lowest BCUT2D eigenvalue weighted by atomic mass is 9.99. The van der Waals surface area contributed by atoms with Crippen LogP contribution < -0.4 is 5.32 Å². The number of hydrogen-bond donors (Lipinski definition) is 2. The lowest BCUT2D eigenvalue weighted by molar-refractivity contribution is -0.143. The third-order valence-corrected chi connectivity index (χ3v) is 4.16. The van der Waals surface area contributed by atoms with E-state index >= 15 is 0 Å². The van der Waals surface area contributed by atoms with Gasteiger partial charge in [0.1, 0.15) is 11.2 Å². The van der Waals surface area contributed by atoms with E-state index in [4.69, 9.17) is 11.6 Å². The van der Waals surface area contributed by atoms with Crippen molar-refractivity contribution >= 4 is 35.2 Å². The molecule has 1 aliphatic rings. The fourth-order valence-corrected chi connectivity index (χ4v) is 3.18. The number of amides is 1. The molecule has 18 heavy (non-hydrogen) atoms. The summed E-state index contributed by atoms with van der Waals surface area (Å²) in [5.74, 6) is -0.435. The van der Waals surface area contributed by atoms with Gasteiger partial charge in [0.15, 0.2) is 0 Å². The minimum absolute atomic E-state index is 0.125. The lowest BCUT2D eigenvalue weighted by Crippen LogP contribution is -2.54. The fraction of sp³-hybridized carbons (Fsp3) is 0.364. The number of thioether (sulfide) groups is 1. The zero-order chi connectivity index (χ0) is 13.2. The maximum atomic E-state index is 12.0. The van der Waals surface area contributed by atoms with Crippen molar-refractivity contribution in [2.75, 3.05) is 11.5 Å². The first kappa shape index (κ1) is 13.2. The summed E-state index contributed by atoms with van der Waals surface area (Å²) in [5, 5.41) is 12.2. The van der Waals surface area contributed by atoms with Crippen molar-refractivity contribution in [2.45, 2.75) is 12.0 Å². The molecule has 1 atom stereocenters. The highest BCUT2D eigenvalue weighted by atomic mass is 35.5. The molecule has 1 aromatic heterocycles. The molecule has 1 aromatic rings. The minimum Gasteiger partial charge on any atom is -0.479 e. The van der Waals surface area contributed by atoms with Crippen LogP contribution in [0.25, 0.3) is 0 Å². The van der Waals surface area contributed by atoms with Gasteiger partial charge >= 0.3 is 5.97 Å². The van der Waals surface area contributed by atoms with Crippen LogP contribution in [0.5, 0.6) is 0 Å². The molecule has 0 aromatic carbocycles. The molecule has 96 valence electrons. The summed E-state index contributed by atoms with van der Waals surface area (Å²) >= 11 is 7.27. The number of carbonyl (C=O) groups is 2. The van der Waals surface area contributed by atoms with E-state index in [1.54, 1.807) is 6.07 Å². The monoisotopic (exact) mass is 286 g/mol. The average Bonchev–Trinajstić information content (AvgIpc) is 2.79. The van der Waals surface area contributed by atoms with Gasteiger partial charge in [-0.05, 0) is 24.3 Å². The van der Waals surface area contributed by atoms with Crippen LogP contribution in [0.2, 0.25) is 5.02 Å². The Labute approximate surface area is 113 Å². The van der Waals surface area contributed by atoms with Gasteiger partial charge < -0.3 is 10.4 Å². The summed E-state index contributed by atoms with van der Waals surface area (Å²) in [4.78, 5) is 27.1. The first-order valence-electron chi connectivity index (χ1n) is 5.29. The minimum atomic E-state index is -1.19.